The predicted molar refractivity (Wildman–Crippen MR) is 85.8 cm³/mol. The van der Waals surface area contributed by atoms with E-state index in [2.05, 4.69) is 38.3 Å². The van der Waals surface area contributed by atoms with E-state index in [1.165, 1.54) is 0 Å². The first-order valence-corrected chi connectivity index (χ1v) is 7.61. The fourth-order valence-electron chi connectivity index (χ4n) is 2.33. The maximum Gasteiger partial charge on any atom is 0.225 e. The number of rotatable bonds is 8. The Morgan fingerprint density at radius 1 is 1.25 bits per heavy atom. The highest BCUT2D eigenvalue weighted by atomic mass is 16.2. The molecule has 2 N–H and O–H groups in total. The standard InChI is InChI=1S/C17H28N2O/c1-5-12-17(4,6-2)16(20)18-13-14(3)19-15-10-8-7-9-11-15/h7-11,14,19H,5-6,12-13H2,1-4H3,(H,18,20)/t14-,17-/m1/s1. The van der Waals surface area contributed by atoms with Crippen LogP contribution in [0.15, 0.2) is 30.3 Å². The summed E-state index contributed by atoms with van der Waals surface area (Å²) in [5, 5.41) is 6.46. The molecule has 0 spiro atoms. The van der Waals surface area contributed by atoms with E-state index >= 15 is 0 Å². The zero-order chi connectivity index (χ0) is 15.0. The van der Waals surface area contributed by atoms with Crippen molar-refractivity contribution in [2.45, 2.75) is 53.0 Å². The van der Waals surface area contributed by atoms with Gasteiger partial charge >= 0.3 is 0 Å². The minimum Gasteiger partial charge on any atom is -0.381 e. The van der Waals surface area contributed by atoms with Crippen LogP contribution in [0.2, 0.25) is 0 Å². The van der Waals surface area contributed by atoms with E-state index in [-0.39, 0.29) is 17.4 Å². The van der Waals surface area contributed by atoms with Crippen LogP contribution in [-0.2, 0) is 4.79 Å². The van der Waals surface area contributed by atoms with Gasteiger partial charge in [0.25, 0.3) is 0 Å². The van der Waals surface area contributed by atoms with Crippen LogP contribution in [0.3, 0.4) is 0 Å². The molecule has 20 heavy (non-hydrogen) atoms. The van der Waals surface area contributed by atoms with Crippen molar-refractivity contribution in [3.8, 4) is 0 Å². The van der Waals surface area contributed by atoms with E-state index in [0.717, 1.165) is 24.9 Å². The van der Waals surface area contributed by atoms with E-state index in [1.807, 2.05) is 30.3 Å². The van der Waals surface area contributed by atoms with Crippen LogP contribution in [0.1, 0.15) is 47.0 Å². The summed E-state index contributed by atoms with van der Waals surface area (Å²) in [6, 6.07) is 10.3. The summed E-state index contributed by atoms with van der Waals surface area (Å²) in [4.78, 5) is 12.3. The molecule has 0 saturated carbocycles. The average Bonchev–Trinajstić information content (AvgIpc) is 2.46. The lowest BCUT2D eigenvalue weighted by molar-refractivity contribution is -0.130. The van der Waals surface area contributed by atoms with Crippen LogP contribution < -0.4 is 10.6 Å². The number of carbonyl (C=O) groups excluding carboxylic acids is 1. The summed E-state index contributed by atoms with van der Waals surface area (Å²) >= 11 is 0. The summed E-state index contributed by atoms with van der Waals surface area (Å²) in [6.45, 7) is 8.99. The van der Waals surface area contributed by atoms with E-state index in [9.17, 15) is 4.79 Å². The molecule has 0 aliphatic heterocycles. The van der Waals surface area contributed by atoms with Gasteiger partial charge in [-0.15, -0.1) is 0 Å². The molecule has 1 aromatic rings. The van der Waals surface area contributed by atoms with Gasteiger partial charge in [-0.05, 0) is 31.9 Å². The third-order valence-electron chi connectivity index (χ3n) is 3.89. The number of benzene rings is 1. The number of anilines is 1. The molecule has 0 unspecified atom stereocenters. The maximum absolute atomic E-state index is 12.3. The van der Waals surface area contributed by atoms with Gasteiger partial charge in [-0.25, -0.2) is 0 Å². The van der Waals surface area contributed by atoms with E-state index in [0.29, 0.717) is 6.54 Å². The lowest BCUT2D eigenvalue weighted by Crippen LogP contribution is -2.42. The fourth-order valence-corrected chi connectivity index (χ4v) is 2.33. The van der Waals surface area contributed by atoms with Crippen molar-refractivity contribution in [1.29, 1.82) is 0 Å². The largest absolute Gasteiger partial charge is 0.381 e. The van der Waals surface area contributed by atoms with Crippen LogP contribution in [-0.4, -0.2) is 18.5 Å². The molecule has 0 aliphatic carbocycles. The lowest BCUT2D eigenvalue weighted by Gasteiger charge is -2.27. The van der Waals surface area contributed by atoms with Gasteiger partial charge in [-0.2, -0.15) is 0 Å². The molecule has 3 nitrogen and oxygen atoms in total. The van der Waals surface area contributed by atoms with Crippen LogP contribution >= 0.6 is 0 Å². The Balaban J connectivity index is 2.44. The number of amides is 1. The topological polar surface area (TPSA) is 41.1 Å². The molecule has 3 heteroatoms. The molecule has 0 fully saturated rings. The number of para-hydroxylation sites is 1. The zero-order valence-electron chi connectivity index (χ0n) is 13.2. The average molecular weight is 276 g/mol. The van der Waals surface area contributed by atoms with Gasteiger partial charge in [-0.1, -0.05) is 45.4 Å². The summed E-state index contributed by atoms with van der Waals surface area (Å²) in [5.74, 6) is 0.170. The van der Waals surface area contributed by atoms with Gasteiger partial charge in [0.1, 0.15) is 0 Å². The second-order valence-corrected chi connectivity index (χ2v) is 5.79. The molecule has 0 aliphatic rings. The minimum atomic E-state index is -0.235. The molecular formula is C17H28N2O. The highest BCUT2D eigenvalue weighted by molar-refractivity contribution is 5.82. The Morgan fingerprint density at radius 2 is 1.90 bits per heavy atom. The van der Waals surface area contributed by atoms with Gasteiger partial charge in [0.2, 0.25) is 5.91 Å². The van der Waals surface area contributed by atoms with E-state index in [4.69, 9.17) is 0 Å². The summed E-state index contributed by atoms with van der Waals surface area (Å²) in [5.41, 5.74) is 0.849. The third-order valence-corrected chi connectivity index (χ3v) is 3.89. The summed E-state index contributed by atoms with van der Waals surface area (Å²) in [7, 11) is 0. The van der Waals surface area contributed by atoms with Crippen molar-refractivity contribution < 1.29 is 4.79 Å². The van der Waals surface area contributed by atoms with Gasteiger partial charge in [0.05, 0.1) is 0 Å². The van der Waals surface area contributed by atoms with Crippen LogP contribution in [0.25, 0.3) is 0 Å². The first-order chi connectivity index (χ1) is 9.51. The Kier molecular flexibility index (Phi) is 6.56. The normalized spacial score (nSPS) is 15.2. The van der Waals surface area contributed by atoms with Crippen molar-refractivity contribution in [2.24, 2.45) is 5.41 Å². The van der Waals surface area contributed by atoms with Gasteiger partial charge < -0.3 is 10.6 Å². The highest BCUT2D eigenvalue weighted by Crippen LogP contribution is 2.27. The first kappa shape index (κ1) is 16.5. The molecule has 0 aromatic heterocycles. The Morgan fingerprint density at radius 3 is 2.45 bits per heavy atom. The monoisotopic (exact) mass is 276 g/mol. The van der Waals surface area contributed by atoms with E-state index in [1.54, 1.807) is 0 Å². The van der Waals surface area contributed by atoms with Crippen LogP contribution in [0, 0.1) is 5.41 Å². The number of carbonyl (C=O) groups is 1. The number of hydrogen-bond acceptors (Lipinski definition) is 2. The Bertz CT molecular complexity index is 405. The minimum absolute atomic E-state index is 0.170. The van der Waals surface area contributed by atoms with Crippen molar-refractivity contribution in [3.63, 3.8) is 0 Å². The summed E-state index contributed by atoms with van der Waals surface area (Å²) < 4.78 is 0. The number of nitrogens with one attached hydrogen (secondary N) is 2. The highest BCUT2D eigenvalue weighted by Gasteiger charge is 2.29. The van der Waals surface area contributed by atoms with Crippen molar-refractivity contribution >= 4 is 11.6 Å². The predicted octanol–water partition coefficient (Wildman–Crippen LogP) is 3.82. The van der Waals surface area contributed by atoms with Crippen LogP contribution in [0.5, 0.6) is 0 Å². The van der Waals surface area contributed by atoms with Crippen molar-refractivity contribution in [1.82, 2.24) is 5.32 Å². The zero-order valence-corrected chi connectivity index (χ0v) is 13.2. The van der Waals surface area contributed by atoms with Crippen LogP contribution in [0.4, 0.5) is 5.69 Å². The number of hydrogen-bond donors (Lipinski definition) is 2. The molecule has 2 atom stereocenters. The molecule has 0 heterocycles. The lowest BCUT2D eigenvalue weighted by atomic mass is 9.82. The molecule has 1 aromatic carbocycles. The SMILES string of the molecule is CCC[C@@](C)(CC)C(=O)NC[C@@H](C)Nc1ccccc1. The third kappa shape index (κ3) is 4.87. The first-order valence-electron chi connectivity index (χ1n) is 7.61. The smallest absolute Gasteiger partial charge is 0.225 e. The Hall–Kier alpha value is -1.51. The molecule has 0 saturated heterocycles. The summed E-state index contributed by atoms with van der Waals surface area (Å²) in [6.07, 6.45) is 2.86. The molecule has 1 rings (SSSR count). The fraction of sp³-hybridized carbons (Fsp3) is 0.588. The molecule has 1 amide bonds. The quantitative estimate of drug-likeness (QED) is 0.758. The van der Waals surface area contributed by atoms with Crippen molar-refractivity contribution in [2.75, 3.05) is 11.9 Å². The molecular weight excluding hydrogens is 248 g/mol. The molecule has 112 valence electrons. The van der Waals surface area contributed by atoms with Gasteiger partial charge in [0.15, 0.2) is 0 Å². The second-order valence-electron chi connectivity index (χ2n) is 5.79. The Labute approximate surface area is 123 Å². The molecule has 0 radical (unpaired) electrons. The van der Waals surface area contributed by atoms with Gasteiger partial charge in [0, 0.05) is 23.7 Å². The molecule has 0 bridgehead atoms. The van der Waals surface area contributed by atoms with Gasteiger partial charge in [-0.3, -0.25) is 4.79 Å². The van der Waals surface area contributed by atoms with E-state index < -0.39 is 0 Å². The van der Waals surface area contributed by atoms with Crippen molar-refractivity contribution in [3.05, 3.63) is 30.3 Å². The maximum atomic E-state index is 12.3. The second kappa shape index (κ2) is 7.93.